The summed E-state index contributed by atoms with van der Waals surface area (Å²) in [5.74, 6) is -1.21. The molecule has 1 amide bonds. The molecule has 1 unspecified atom stereocenters. The minimum atomic E-state index is -2.99. The number of fused-ring (bicyclic) bond motifs is 3. The van der Waals surface area contributed by atoms with Crippen LogP contribution in [0.3, 0.4) is 0 Å². The highest BCUT2D eigenvalue weighted by molar-refractivity contribution is 5.99. The number of ether oxygens (including phenoxy) is 3. The number of anilines is 1. The first kappa shape index (κ1) is 21.4. The summed E-state index contributed by atoms with van der Waals surface area (Å²) in [4.78, 5) is 23.0. The zero-order chi connectivity index (χ0) is 23.1. The molecule has 4 heterocycles. The molecular formula is C22H19F3N4O4. The maximum absolute atomic E-state index is 15.0. The van der Waals surface area contributed by atoms with E-state index in [9.17, 15) is 13.6 Å². The average Bonchev–Trinajstić information content (AvgIpc) is 3.29. The van der Waals surface area contributed by atoms with Gasteiger partial charge in [0.15, 0.2) is 0 Å². The number of hydrogen-bond acceptors (Lipinski definition) is 7. The molecule has 3 aromatic rings. The number of rotatable bonds is 4. The quantitative estimate of drug-likeness (QED) is 0.638. The topological polar surface area (TPSA) is 99.8 Å². The Kier molecular flexibility index (Phi) is 5.51. The second-order valence-corrected chi connectivity index (χ2v) is 7.69. The van der Waals surface area contributed by atoms with Gasteiger partial charge in [0.25, 0.3) is 5.91 Å². The van der Waals surface area contributed by atoms with E-state index in [0.717, 1.165) is 11.1 Å². The summed E-state index contributed by atoms with van der Waals surface area (Å²) >= 11 is 0. The van der Waals surface area contributed by atoms with Crippen molar-refractivity contribution in [2.24, 2.45) is 0 Å². The van der Waals surface area contributed by atoms with Gasteiger partial charge in [-0.25, -0.2) is 14.4 Å². The maximum atomic E-state index is 15.0. The summed E-state index contributed by atoms with van der Waals surface area (Å²) in [7, 11) is 0. The molecule has 0 radical (unpaired) electrons. The number of benzene rings is 1. The number of carbonyl (C=O) groups excluding carboxylic acids is 1. The van der Waals surface area contributed by atoms with Gasteiger partial charge >= 0.3 is 6.61 Å². The van der Waals surface area contributed by atoms with Crippen LogP contribution < -0.4 is 10.5 Å². The van der Waals surface area contributed by atoms with Gasteiger partial charge in [0.05, 0.1) is 43.5 Å². The van der Waals surface area contributed by atoms with Crippen molar-refractivity contribution in [1.29, 1.82) is 0 Å². The number of nitrogens with two attached hydrogens (primary N) is 1. The third-order valence-corrected chi connectivity index (χ3v) is 5.79. The Morgan fingerprint density at radius 2 is 2.03 bits per heavy atom. The van der Waals surface area contributed by atoms with Gasteiger partial charge in [0.1, 0.15) is 11.6 Å². The number of nitrogens with zero attached hydrogens (tertiary/aromatic N) is 3. The maximum Gasteiger partial charge on any atom is 0.388 e. The van der Waals surface area contributed by atoms with Crippen LogP contribution >= 0.6 is 0 Å². The van der Waals surface area contributed by atoms with Crippen molar-refractivity contribution in [2.75, 3.05) is 25.5 Å². The van der Waals surface area contributed by atoms with Crippen molar-refractivity contribution in [3.63, 3.8) is 0 Å². The SMILES string of the molecule is Nc1nc2cc(F)c(C(=O)N3CCOCC3c3ccc(OC(F)F)nc3)cc2c2c1COC2. The molecule has 1 fully saturated rings. The molecular weight excluding hydrogens is 441 g/mol. The third kappa shape index (κ3) is 3.93. The van der Waals surface area contributed by atoms with Gasteiger partial charge in [-0.15, -0.1) is 0 Å². The summed E-state index contributed by atoms with van der Waals surface area (Å²) < 4.78 is 55.1. The molecule has 1 aromatic carbocycles. The van der Waals surface area contributed by atoms with Crippen LogP contribution in [0.25, 0.3) is 10.9 Å². The summed E-state index contributed by atoms with van der Waals surface area (Å²) in [5.41, 5.74) is 8.29. The fraction of sp³-hybridized carbons (Fsp3) is 0.318. The molecule has 8 nitrogen and oxygen atoms in total. The van der Waals surface area contributed by atoms with Crippen LogP contribution in [0.1, 0.15) is 33.1 Å². The van der Waals surface area contributed by atoms with E-state index in [1.54, 1.807) is 0 Å². The van der Waals surface area contributed by atoms with Gasteiger partial charge in [0, 0.05) is 35.8 Å². The largest absolute Gasteiger partial charge is 0.417 e. The Hall–Kier alpha value is -3.44. The molecule has 2 aromatic heterocycles. The zero-order valence-corrected chi connectivity index (χ0v) is 17.3. The van der Waals surface area contributed by atoms with E-state index in [2.05, 4.69) is 14.7 Å². The van der Waals surface area contributed by atoms with Crippen LogP contribution in [-0.2, 0) is 22.7 Å². The smallest absolute Gasteiger partial charge is 0.388 e. The fourth-order valence-electron chi connectivity index (χ4n) is 4.18. The van der Waals surface area contributed by atoms with E-state index in [1.807, 2.05) is 0 Å². The monoisotopic (exact) mass is 460 g/mol. The van der Waals surface area contributed by atoms with E-state index >= 15 is 4.39 Å². The minimum Gasteiger partial charge on any atom is -0.417 e. The minimum absolute atomic E-state index is 0.110. The van der Waals surface area contributed by atoms with E-state index in [4.69, 9.17) is 15.2 Å². The molecule has 0 spiro atoms. The molecule has 0 bridgehead atoms. The number of carbonyl (C=O) groups is 1. The average molecular weight is 460 g/mol. The van der Waals surface area contributed by atoms with Gasteiger partial charge in [-0.05, 0) is 23.3 Å². The first-order valence-corrected chi connectivity index (χ1v) is 10.2. The Morgan fingerprint density at radius 3 is 2.79 bits per heavy atom. The Morgan fingerprint density at radius 1 is 1.21 bits per heavy atom. The third-order valence-electron chi connectivity index (χ3n) is 5.79. The summed E-state index contributed by atoms with van der Waals surface area (Å²) in [6.07, 6.45) is 1.34. The van der Waals surface area contributed by atoms with E-state index in [1.165, 1.54) is 35.4 Å². The molecule has 1 atom stereocenters. The summed E-state index contributed by atoms with van der Waals surface area (Å²) in [6.45, 7) is -1.73. The fourth-order valence-corrected chi connectivity index (χ4v) is 4.18. The standard InChI is InChI=1S/C22H19F3N4O4/c23-16-6-17-12(14-8-32-9-15(14)20(26)28-17)5-13(16)21(30)29-3-4-31-10-18(29)11-1-2-19(27-7-11)33-22(24)25/h1-2,5-7,18,22H,3-4,8-10H2,(H2,26,28). The second kappa shape index (κ2) is 8.49. The van der Waals surface area contributed by atoms with Crippen LogP contribution in [0.2, 0.25) is 0 Å². The molecule has 33 heavy (non-hydrogen) atoms. The molecule has 5 rings (SSSR count). The summed E-state index contributed by atoms with van der Waals surface area (Å²) in [6, 6.07) is 4.92. The second-order valence-electron chi connectivity index (χ2n) is 7.69. The van der Waals surface area contributed by atoms with E-state index < -0.39 is 24.4 Å². The van der Waals surface area contributed by atoms with Crippen molar-refractivity contribution in [3.05, 3.63) is 58.5 Å². The number of pyridine rings is 2. The Bertz CT molecular complexity index is 1220. The number of hydrogen-bond donors (Lipinski definition) is 1. The number of morpholine rings is 1. The summed E-state index contributed by atoms with van der Waals surface area (Å²) in [5, 5.41) is 0.612. The van der Waals surface area contributed by atoms with Crippen molar-refractivity contribution < 1.29 is 32.2 Å². The number of nitrogen functional groups attached to an aromatic ring is 1. The van der Waals surface area contributed by atoms with Crippen LogP contribution in [-0.4, -0.2) is 47.1 Å². The van der Waals surface area contributed by atoms with Gasteiger partial charge in [-0.2, -0.15) is 8.78 Å². The number of aromatic nitrogens is 2. The van der Waals surface area contributed by atoms with Gasteiger partial charge in [0.2, 0.25) is 5.88 Å². The van der Waals surface area contributed by atoms with Crippen molar-refractivity contribution in [1.82, 2.24) is 14.9 Å². The van der Waals surface area contributed by atoms with Crippen LogP contribution in [0.4, 0.5) is 19.0 Å². The predicted octanol–water partition coefficient (Wildman–Crippen LogP) is 3.20. The number of halogens is 3. The molecule has 172 valence electrons. The molecule has 2 N–H and O–H groups in total. The molecule has 0 saturated carbocycles. The molecule has 2 aliphatic heterocycles. The van der Waals surface area contributed by atoms with Crippen LogP contribution in [0, 0.1) is 5.82 Å². The lowest BCUT2D eigenvalue weighted by Crippen LogP contribution is -2.43. The normalized spacial score (nSPS) is 18.1. The lowest BCUT2D eigenvalue weighted by molar-refractivity contribution is -0.0529. The molecule has 2 aliphatic rings. The lowest BCUT2D eigenvalue weighted by atomic mass is 10.0. The van der Waals surface area contributed by atoms with Gasteiger partial charge < -0.3 is 24.8 Å². The van der Waals surface area contributed by atoms with Crippen molar-refractivity contribution in [3.8, 4) is 5.88 Å². The highest BCUT2D eigenvalue weighted by Crippen LogP contribution is 2.34. The highest BCUT2D eigenvalue weighted by Gasteiger charge is 2.32. The Labute approximate surface area is 186 Å². The van der Waals surface area contributed by atoms with Crippen LogP contribution in [0.15, 0.2) is 30.5 Å². The van der Waals surface area contributed by atoms with E-state index in [0.29, 0.717) is 29.7 Å². The Balaban J connectivity index is 1.49. The number of amides is 1. The van der Waals surface area contributed by atoms with Crippen LogP contribution in [0.5, 0.6) is 5.88 Å². The predicted molar refractivity (Wildman–Crippen MR) is 110 cm³/mol. The van der Waals surface area contributed by atoms with Gasteiger partial charge in [-0.1, -0.05) is 0 Å². The molecule has 1 saturated heterocycles. The van der Waals surface area contributed by atoms with Crippen molar-refractivity contribution >= 4 is 22.6 Å². The lowest BCUT2D eigenvalue weighted by Gasteiger charge is -2.36. The zero-order valence-electron chi connectivity index (χ0n) is 17.3. The first-order chi connectivity index (χ1) is 15.9. The number of alkyl halides is 2. The molecule has 11 heteroatoms. The first-order valence-electron chi connectivity index (χ1n) is 10.2. The van der Waals surface area contributed by atoms with E-state index in [-0.39, 0.29) is 37.0 Å². The highest BCUT2D eigenvalue weighted by atomic mass is 19.3. The van der Waals surface area contributed by atoms with Gasteiger partial charge in [-0.3, -0.25) is 4.79 Å². The molecule has 0 aliphatic carbocycles. The van der Waals surface area contributed by atoms with Crippen molar-refractivity contribution in [2.45, 2.75) is 25.9 Å².